The lowest BCUT2D eigenvalue weighted by atomic mass is 10.2. The highest BCUT2D eigenvalue weighted by molar-refractivity contribution is 5.89. The molecule has 0 radical (unpaired) electrons. The first-order valence-electron chi connectivity index (χ1n) is 6.19. The van der Waals surface area contributed by atoms with Crippen molar-refractivity contribution >= 4 is 23.1 Å². The lowest BCUT2D eigenvalue weighted by molar-refractivity contribution is -0.114. The molecule has 0 aliphatic carbocycles. The quantitative estimate of drug-likeness (QED) is 0.199. The molecule has 0 spiro atoms. The topological polar surface area (TPSA) is 99.7 Å². The van der Waals surface area contributed by atoms with E-state index in [1.54, 1.807) is 0 Å². The zero-order valence-corrected chi connectivity index (χ0v) is 11.0. The SMILES string of the molecule is CC(=O)Nc1cccc(NCCCCC(N)=NO)c1. The number of amidine groups is 1. The molecule has 1 rings (SSSR count). The Morgan fingerprint density at radius 3 is 2.79 bits per heavy atom. The number of nitrogens with zero attached hydrogens (tertiary/aromatic N) is 1. The van der Waals surface area contributed by atoms with Crippen LogP contribution in [0.15, 0.2) is 29.4 Å². The van der Waals surface area contributed by atoms with Gasteiger partial charge in [-0.2, -0.15) is 0 Å². The van der Waals surface area contributed by atoms with Crippen molar-refractivity contribution in [2.75, 3.05) is 17.2 Å². The fourth-order valence-electron chi connectivity index (χ4n) is 1.62. The number of nitrogens with two attached hydrogens (primary N) is 1. The number of oxime groups is 1. The van der Waals surface area contributed by atoms with Crippen LogP contribution in [0.3, 0.4) is 0 Å². The van der Waals surface area contributed by atoms with Gasteiger partial charge in [0.2, 0.25) is 5.91 Å². The van der Waals surface area contributed by atoms with Crippen LogP contribution in [0.5, 0.6) is 0 Å². The molecule has 19 heavy (non-hydrogen) atoms. The third-order valence-corrected chi connectivity index (χ3v) is 2.50. The van der Waals surface area contributed by atoms with E-state index in [1.807, 2.05) is 24.3 Å². The van der Waals surface area contributed by atoms with Crippen LogP contribution < -0.4 is 16.4 Å². The van der Waals surface area contributed by atoms with E-state index >= 15 is 0 Å². The number of nitrogens with one attached hydrogen (secondary N) is 2. The summed E-state index contributed by atoms with van der Waals surface area (Å²) in [6.45, 7) is 2.27. The van der Waals surface area contributed by atoms with Gasteiger partial charge in [0.05, 0.1) is 0 Å². The van der Waals surface area contributed by atoms with Crippen molar-refractivity contribution in [3.63, 3.8) is 0 Å². The second kappa shape index (κ2) is 7.97. The van der Waals surface area contributed by atoms with E-state index in [-0.39, 0.29) is 11.7 Å². The lowest BCUT2D eigenvalue weighted by Gasteiger charge is -2.08. The van der Waals surface area contributed by atoms with Crippen LogP contribution in [-0.2, 0) is 4.79 Å². The number of benzene rings is 1. The van der Waals surface area contributed by atoms with E-state index in [0.717, 1.165) is 30.8 Å². The van der Waals surface area contributed by atoms with Crippen LogP contribution in [0.2, 0.25) is 0 Å². The first-order valence-corrected chi connectivity index (χ1v) is 6.19. The number of rotatable bonds is 7. The van der Waals surface area contributed by atoms with Gasteiger partial charge in [0, 0.05) is 31.3 Å². The van der Waals surface area contributed by atoms with Crippen molar-refractivity contribution in [1.82, 2.24) is 0 Å². The summed E-state index contributed by atoms with van der Waals surface area (Å²) in [5.74, 6) is 0.170. The van der Waals surface area contributed by atoms with Crippen LogP contribution in [0.1, 0.15) is 26.2 Å². The summed E-state index contributed by atoms with van der Waals surface area (Å²) in [7, 11) is 0. The van der Waals surface area contributed by atoms with E-state index in [1.165, 1.54) is 6.92 Å². The Balaban J connectivity index is 2.31. The van der Waals surface area contributed by atoms with Crippen LogP contribution in [0.4, 0.5) is 11.4 Å². The lowest BCUT2D eigenvalue weighted by Crippen LogP contribution is -2.12. The molecule has 5 N–H and O–H groups in total. The van der Waals surface area contributed by atoms with E-state index in [9.17, 15) is 4.79 Å². The van der Waals surface area contributed by atoms with Crippen molar-refractivity contribution < 1.29 is 10.0 Å². The molecule has 0 aromatic heterocycles. The third-order valence-electron chi connectivity index (χ3n) is 2.50. The van der Waals surface area contributed by atoms with Gasteiger partial charge in [0.15, 0.2) is 0 Å². The molecule has 0 unspecified atom stereocenters. The summed E-state index contributed by atoms with van der Waals surface area (Å²) in [6.07, 6.45) is 2.36. The molecule has 6 heteroatoms. The predicted molar refractivity (Wildman–Crippen MR) is 76.5 cm³/mol. The Morgan fingerprint density at radius 1 is 1.37 bits per heavy atom. The molecule has 1 aromatic carbocycles. The van der Waals surface area contributed by atoms with Crippen molar-refractivity contribution in [1.29, 1.82) is 0 Å². The molecule has 0 fully saturated rings. The van der Waals surface area contributed by atoms with Crippen LogP contribution >= 0.6 is 0 Å². The smallest absolute Gasteiger partial charge is 0.221 e. The van der Waals surface area contributed by atoms with Gasteiger partial charge in [-0.15, -0.1) is 0 Å². The van der Waals surface area contributed by atoms with Crippen molar-refractivity contribution in [2.24, 2.45) is 10.9 Å². The van der Waals surface area contributed by atoms with Gasteiger partial charge in [-0.1, -0.05) is 11.2 Å². The molecule has 0 aliphatic rings. The number of hydrogen-bond donors (Lipinski definition) is 4. The van der Waals surface area contributed by atoms with Crippen LogP contribution in [0, 0.1) is 0 Å². The van der Waals surface area contributed by atoms with Crippen molar-refractivity contribution in [3.05, 3.63) is 24.3 Å². The largest absolute Gasteiger partial charge is 0.409 e. The zero-order valence-electron chi connectivity index (χ0n) is 11.0. The fraction of sp³-hybridized carbons (Fsp3) is 0.385. The van der Waals surface area contributed by atoms with E-state index in [4.69, 9.17) is 10.9 Å². The highest BCUT2D eigenvalue weighted by Gasteiger charge is 1.98. The number of carbonyl (C=O) groups excluding carboxylic acids is 1. The summed E-state index contributed by atoms with van der Waals surface area (Å²) in [6, 6.07) is 7.54. The average molecular weight is 264 g/mol. The number of carbonyl (C=O) groups is 1. The summed E-state index contributed by atoms with van der Waals surface area (Å²) in [5.41, 5.74) is 7.10. The molecule has 1 aromatic rings. The van der Waals surface area contributed by atoms with E-state index < -0.39 is 0 Å². The minimum absolute atomic E-state index is 0.0871. The average Bonchev–Trinajstić information content (AvgIpc) is 2.37. The number of unbranched alkanes of at least 4 members (excludes halogenated alkanes) is 1. The van der Waals surface area contributed by atoms with Gasteiger partial charge in [-0.05, 0) is 31.0 Å². The van der Waals surface area contributed by atoms with Gasteiger partial charge in [0.25, 0.3) is 0 Å². The van der Waals surface area contributed by atoms with Gasteiger partial charge >= 0.3 is 0 Å². The maximum atomic E-state index is 10.9. The van der Waals surface area contributed by atoms with Crippen LogP contribution in [0.25, 0.3) is 0 Å². The van der Waals surface area contributed by atoms with E-state index in [2.05, 4.69) is 15.8 Å². The minimum atomic E-state index is -0.0871. The molecule has 1 amide bonds. The number of hydrogen-bond acceptors (Lipinski definition) is 4. The molecule has 0 heterocycles. The van der Waals surface area contributed by atoms with Gasteiger partial charge in [-0.3, -0.25) is 4.79 Å². The Labute approximate surface area is 112 Å². The maximum Gasteiger partial charge on any atom is 0.221 e. The van der Waals surface area contributed by atoms with Crippen molar-refractivity contribution in [3.8, 4) is 0 Å². The molecule has 0 bridgehead atoms. The first-order chi connectivity index (χ1) is 9.11. The fourth-order valence-corrected chi connectivity index (χ4v) is 1.62. The molecular formula is C13H20N4O2. The molecule has 0 saturated heterocycles. The molecule has 0 atom stereocenters. The first kappa shape index (κ1) is 14.8. The Morgan fingerprint density at radius 2 is 2.11 bits per heavy atom. The number of amides is 1. The molecule has 0 aliphatic heterocycles. The molecule has 6 nitrogen and oxygen atoms in total. The van der Waals surface area contributed by atoms with Gasteiger partial charge < -0.3 is 21.6 Å². The maximum absolute atomic E-state index is 10.9. The summed E-state index contributed by atoms with van der Waals surface area (Å²) < 4.78 is 0. The second-order valence-electron chi connectivity index (χ2n) is 4.24. The van der Waals surface area contributed by atoms with Gasteiger partial charge in [0.1, 0.15) is 5.84 Å². The Kier molecular flexibility index (Phi) is 6.21. The standard InChI is InChI=1S/C13H20N4O2/c1-10(18)16-12-6-4-5-11(9-12)15-8-3-2-7-13(14)17-19/h4-6,9,15,19H,2-3,7-8H2,1H3,(H2,14,17)(H,16,18). The summed E-state index contributed by atoms with van der Waals surface area (Å²) >= 11 is 0. The highest BCUT2D eigenvalue weighted by atomic mass is 16.4. The van der Waals surface area contributed by atoms with Crippen molar-refractivity contribution in [2.45, 2.75) is 26.2 Å². The second-order valence-corrected chi connectivity index (χ2v) is 4.24. The molecule has 104 valence electrons. The van der Waals surface area contributed by atoms with Crippen LogP contribution in [-0.4, -0.2) is 23.5 Å². The Hall–Kier alpha value is -2.24. The Bertz CT molecular complexity index is 446. The molecule has 0 saturated carbocycles. The normalized spacial score (nSPS) is 11.1. The summed E-state index contributed by atoms with van der Waals surface area (Å²) in [4.78, 5) is 10.9. The molecular weight excluding hydrogens is 244 g/mol. The van der Waals surface area contributed by atoms with Gasteiger partial charge in [-0.25, -0.2) is 0 Å². The monoisotopic (exact) mass is 264 g/mol. The summed E-state index contributed by atoms with van der Waals surface area (Å²) in [5, 5.41) is 17.3. The zero-order chi connectivity index (χ0) is 14.1. The number of anilines is 2. The highest BCUT2D eigenvalue weighted by Crippen LogP contribution is 2.15. The minimum Gasteiger partial charge on any atom is -0.409 e. The van der Waals surface area contributed by atoms with E-state index in [0.29, 0.717) is 6.42 Å². The third kappa shape index (κ3) is 6.30. The predicted octanol–water partition coefficient (Wildman–Crippen LogP) is 1.97.